The lowest BCUT2D eigenvalue weighted by molar-refractivity contribution is -0.125. The Morgan fingerprint density at radius 3 is 2.75 bits per heavy atom. The summed E-state index contributed by atoms with van der Waals surface area (Å²) >= 11 is 0. The maximum Gasteiger partial charge on any atom is 0.324 e. The molecule has 1 heterocycles. The molecule has 5 nitrogen and oxygen atoms in total. The molecule has 5 heteroatoms. The standard InChI is InChI=1S/C7H12N2O3/c1-5(10)2-3-9-6(11)4-8-7(9)12/h5,10H,2-4H2,1H3,(H,8,12)/t5-/m1/s1. The molecule has 2 N–H and O–H groups in total. The maximum absolute atomic E-state index is 11.0. The number of imide groups is 1. The number of aliphatic hydroxyl groups is 1. The van der Waals surface area contributed by atoms with Crippen LogP contribution in [0, 0.1) is 0 Å². The summed E-state index contributed by atoms with van der Waals surface area (Å²) in [6.07, 6.45) is -0.0506. The van der Waals surface area contributed by atoms with Gasteiger partial charge in [0, 0.05) is 6.54 Å². The fourth-order valence-electron chi connectivity index (χ4n) is 0.998. The third-order valence-electron chi connectivity index (χ3n) is 1.71. The Bertz CT molecular complexity index is 187. The summed E-state index contributed by atoms with van der Waals surface area (Å²) in [5.41, 5.74) is 0. The molecule has 12 heavy (non-hydrogen) atoms. The highest BCUT2D eigenvalue weighted by molar-refractivity contribution is 6.01. The molecule has 1 fully saturated rings. The van der Waals surface area contributed by atoms with Crippen molar-refractivity contribution in [2.45, 2.75) is 19.4 Å². The van der Waals surface area contributed by atoms with Gasteiger partial charge < -0.3 is 10.4 Å². The van der Waals surface area contributed by atoms with Crippen molar-refractivity contribution in [2.75, 3.05) is 13.1 Å². The molecule has 0 bridgehead atoms. The van der Waals surface area contributed by atoms with E-state index in [2.05, 4.69) is 5.32 Å². The fraction of sp³-hybridized carbons (Fsp3) is 0.714. The van der Waals surface area contributed by atoms with Gasteiger partial charge in [0.25, 0.3) is 0 Å². The van der Waals surface area contributed by atoms with Gasteiger partial charge in [0.2, 0.25) is 5.91 Å². The van der Waals surface area contributed by atoms with Crippen LogP contribution >= 0.6 is 0 Å². The van der Waals surface area contributed by atoms with Crippen LogP contribution in [0.3, 0.4) is 0 Å². The summed E-state index contributed by atoms with van der Waals surface area (Å²) in [6, 6.07) is -0.361. The third-order valence-corrected chi connectivity index (χ3v) is 1.71. The number of aliphatic hydroxyl groups excluding tert-OH is 1. The molecule has 0 aromatic carbocycles. The number of urea groups is 1. The van der Waals surface area contributed by atoms with Gasteiger partial charge in [0.15, 0.2) is 0 Å². The Kier molecular flexibility index (Phi) is 2.65. The lowest BCUT2D eigenvalue weighted by Crippen LogP contribution is -2.33. The van der Waals surface area contributed by atoms with E-state index in [-0.39, 0.29) is 18.5 Å². The van der Waals surface area contributed by atoms with Gasteiger partial charge >= 0.3 is 6.03 Å². The van der Waals surface area contributed by atoms with Gasteiger partial charge in [0.05, 0.1) is 12.6 Å². The van der Waals surface area contributed by atoms with E-state index in [1.165, 1.54) is 0 Å². The topological polar surface area (TPSA) is 69.6 Å². The van der Waals surface area contributed by atoms with Crippen molar-refractivity contribution in [1.29, 1.82) is 0 Å². The van der Waals surface area contributed by atoms with Gasteiger partial charge in [-0.2, -0.15) is 0 Å². The van der Waals surface area contributed by atoms with Crippen LogP contribution in [0.4, 0.5) is 4.79 Å². The minimum absolute atomic E-state index is 0.0820. The third kappa shape index (κ3) is 1.94. The van der Waals surface area contributed by atoms with Crippen LogP contribution in [0.1, 0.15) is 13.3 Å². The molecule has 0 aliphatic carbocycles. The van der Waals surface area contributed by atoms with E-state index < -0.39 is 6.10 Å². The summed E-state index contributed by atoms with van der Waals surface area (Å²) in [5, 5.41) is 11.3. The largest absolute Gasteiger partial charge is 0.393 e. The first-order chi connectivity index (χ1) is 5.61. The fourth-order valence-corrected chi connectivity index (χ4v) is 0.998. The van der Waals surface area contributed by atoms with Gasteiger partial charge in [-0.3, -0.25) is 9.69 Å². The first kappa shape index (κ1) is 8.99. The van der Waals surface area contributed by atoms with Crippen molar-refractivity contribution in [3.63, 3.8) is 0 Å². The van der Waals surface area contributed by atoms with Crippen LogP contribution in [0.15, 0.2) is 0 Å². The Morgan fingerprint density at radius 1 is 1.67 bits per heavy atom. The minimum Gasteiger partial charge on any atom is -0.393 e. The van der Waals surface area contributed by atoms with E-state index in [4.69, 9.17) is 5.11 Å². The zero-order valence-electron chi connectivity index (χ0n) is 6.91. The van der Waals surface area contributed by atoms with Crippen molar-refractivity contribution in [3.05, 3.63) is 0 Å². The zero-order chi connectivity index (χ0) is 9.14. The van der Waals surface area contributed by atoms with Crippen LogP contribution in [0.2, 0.25) is 0 Å². The Morgan fingerprint density at radius 2 is 2.33 bits per heavy atom. The molecule has 0 unspecified atom stereocenters. The highest BCUT2D eigenvalue weighted by Gasteiger charge is 2.27. The molecule has 1 aliphatic heterocycles. The summed E-state index contributed by atoms with van der Waals surface area (Å²) in [7, 11) is 0. The summed E-state index contributed by atoms with van der Waals surface area (Å²) < 4.78 is 0. The van der Waals surface area contributed by atoms with Crippen molar-refractivity contribution in [2.24, 2.45) is 0 Å². The molecule has 0 spiro atoms. The Balaban J connectivity index is 2.40. The number of hydrogen-bond donors (Lipinski definition) is 2. The molecule has 1 saturated heterocycles. The van der Waals surface area contributed by atoms with Crippen molar-refractivity contribution in [3.8, 4) is 0 Å². The van der Waals surface area contributed by atoms with Crippen LogP contribution in [-0.2, 0) is 4.79 Å². The molecule has 0 saturated carbocycles. The molecular weight excluding hydrogens is 160 g/mol. The summed E-state index contributed by atoms with van der Waals surface area (Å²) in [4.78, 5) is 23.0. The van der Waals surface area contributed by atoms with Gasteiger partial charge in [-0.05, 0) is 13.3 Å². The van der Waals surface area contributed by atoms with E-state index in [0.29, 0.717) is 13.0 Å². The van der Waals surface area contributed by atoms with Crippen LogP contribution in [0.5, 0.6) is 0 Å². The Hall–Kier alpha value is -1.10. The SMILES string of the molecule is C[C@@H](O)CCN1C(=O)CNC1=O. The quantitative estimate of drug-likeness (QED) is 0.553. The molecule has 0 aromatic heterocycles. The predicted octanol–water partition coefficient (Wildman–Crippen LogP) is -0.691. The van der Waals surface area contributed by atoms with Gasteiger partial charge in [0.1, 0.15) is 0 Å². The second-order valence-electron chi connectivity index (χ2n) is 2.84. The van der Waals surface area contributed by atoms with E-state index in [9.17, 15) is 9.59 Å². The lowest BCUT2D eigenvalue weighted by Gasteiger charge is -2.12. The molecular formula is C7H12N2O3. The van der Waals surface area contributed by atoms with E-state index in [0.717, 1.165) is 4.90 Å². The summed E-state index contributed by atoms with van der Waals surface area (Å²) in [5.74, 6) is -0.222. The monoisotopic (exact) mass is 172 g/mol. The van der Waals surface area contributed by atoms with Crippen molar-refractivity contribution < 1.29 is 14.7 Å². The van der Waals surface area contributed by atoms with Crippen LogP contribution in [0.25, 0.3) is 0 Å². The predicted molar refractivity (Wildman–Crippen MR) is 41.4 cm³/mol. The number of nitrogens with zero attached hydrogens (tertiary/aromatic N) is 1. The van der Waals surface area contributed by atoms with E-state index in [1.807, 2.05) is 0 Å². The highest BCUT2D eigenvalue weighted by Crippen LogP contribution is 2.01. The first-order valence-electron chi connectivity index (χ1n) is 3.87. The number of carbonyl (C=O) groups excluding carboxylic acids is 2. The molecule has 3 amide bonds. The molecule has 1 atom stereocenters. The average molecular weight is 172 g/mol. The Labute approximate surface area is 70.4 Å². The second kappa shape index (κ2) is 3.53. The van der Waals surface area contributed by atoms with Crippen molar-refractivity contribution >= 4 is 11.9 Å². The number of rotatable bonds is 3. The zero-order valence-corrected chi connectivity index (χ0v) is 6.91. The van der Waals surface area contributed by atoms with Crippen LogP contribution < -0.4 is 5.32 Å². The molecule has 0 aromatic rings. The van der Waals surface area contributed by atoms with Crippen LogP contribution in [-0.4, -0.2) is 41.1 Å². The summed E-state index contributed by atoms with van der Waals surface area (Å²) in [6.45, 7) is 2.00. The maximum atomic E-state index is 11.0. The minimum atomic E-state index is -0.480. The highest BCUT2D eigenvalue weighted by atomic mass is 16.3. The number of carbonyl (C=O) groups is 2. The first-order valence-corrected chi connectivity index (χ1v) is 3.87. The molecule has 1 aliphatic rings. The smallest absolute Gasteiger partial charge is 0.324 e. The normalized spacial score (nSPS) is 19.7. The molecule has 68 valence electrons. The van der Waals surface area contributed by atoms with Crippen molar-refractivity contribution in [1.82, 2.24) is 10.2 Å². The van der Waals surface area contributed by atoms with Gasteiger partial charge in [-0.1, -0.05) is 0 Å². The van der Waals surface area contributed by atoms with E-state index in [1.54, 1.807) is 6.92 Å². The lowest BCUT2D eigenvalue weighted by atomic mass is 10.3. The number of hydrogen-bond acceptors (Lipinski definition) is 3. The average Bonchev–Trinajstić information content (AvgIpc) is 2.28. The number of amides is 3. The van der Waals surface area contributed by atoms with Gasteiger partial charge in [-0.25, -0.2) is 4.79 Å². The van der Waals surface area contributed by atoms with Gasteiger partial charge in [-0.15, -0.1) is 0 Å². The number of nitrogens with one attached hydrogen (secondary N) is 1. The molecule has 0 radical (unpaired) electrons. The van der Waals surface area contributed by atoms with E-state index >= 15 is 0 Å². The molecule has 1 rings (SSSR count). The second-order valence-corrected chi connectivity index (χ2v) is 2.84.